The predicted octanol–water partition coefficient (Wildman–Crippen LogP) is 1.57. The van der Waals surface area contributed by atoms with Crippen molar-refractivity contribution in [2.75, 3.05) is 5.88 Å². The number of nitrogens with one attached hydrogen (secondary N) is 1. The number of halogens is 1. The maximum absolute atomic E-state index is 12.2. The highest BCUT2D eigenvalue weighted by atomic mass is 35.5. The van der Waals surface area contributed by atoms with Crippen molar-refractivity contribution in [3.63, 3.8) is 0 Å². The summed E-state index contributed by atoms with van der Waals surface area (Å²) in [5.41, 5.74) is 1.24. The zero-order valence-corrected chi connectivity index (χ0v) is 12.2. The lowest BCUT2D eigenvalue weighted by Crippen LogP contribution is -2.26. The van der Waals surface area contributed by atoms with Crippen molar-refractivity contribution in [2.45, 2.75) is 50.6 Å². The number of alkyl halides is 1. The maximum atomic E-state index is 12.2. The Morgan fingerprint density at radius 3 is 2.67 bits per heavy atom. The summed E-state index contributed by atoms with van der Waals surface area (Å²) in [6.45, 7) is 4.16. The van der Waals surface area contributed by atoms with Gasteiger partial charge in [0, 0.05) is 18.5 Å². The van der Waals surface area contributed by atoms with Crippen LogP contribution in [0.1, 0.15) is 30.7 Å². The average Bonchev–Trinajstić information content (AvgIpc) is 3.01. The summed E-state index contributed by atoms with van der Waals surface area (Å²) in [5.74, 6) is 0.542. The lowest BCUT2D eigenvalue weighted by Gasteiger charge is -2.06. The van der Waals surface area contributed by atoms with Crippen LogP contribution in [0.3, 0.4) is 0 Å². The molecule has 0 aliphatic heterocycles. The first kappa shape index (κ1) is 13.8. The summed E-state index contributed by atoms with van der Waals surface area (Å²) < 4.78 is 28.9. The van der Waals surface area contributed by atoms with Gasteiger partial charge in [-0.15, -0.1) is 11.6 Å². The minimum absolute atomic E-state index is 0.111. The lowest BCUT2D eigenvalue weighted by atomic mass is 10.4. The van der Waals surface area contributed by atoms with E-state index in [4.69, 9.17) is 11.6 Å². The molecule has 0 unspecified atom stereocenters. The molecule has 1 aliphatic carbocycles. The Kier molecular flexibility index (Phi) is 3.99. The molecule has 1 aromatic rings. The van der Waals surface area contributed by atoms with Gasteiger partial charge in [-0.25, -0.2) is 13.1 Å². The largest absolute Gasteiger partial charge is 0.268 e. The molecular formula is C11H18ClN3O2S. The molecule has 1 N–H and O–H groups in total. The van der Waals surface area contributed by atoms with Gasteiger partial charge in [-0.2, -0.15) is 5.10 Å². The number of hydrogen-bond acceptors (Lipinski definition) is 3. The summed E-state index contributed by atoms with van der Waals surface area (Å²) in [5, 5.41) is 4.28. The van der Waals surface area contributed by atoms with Crippen LogP contribution in [0.5, 0.6) is 0 Å². The Morgan fingerprint density at radius 1 is 1.44 bits per heavy atom. The molecule has 0 radical (unpaired) electrons. The van der Waals surface area contributed by atoms with Crippen LogP contribution in [0, 0.1) is 13.8 Å². The van der Waals surface area contributed by atoms with Crippen LogP contribution >= 0.6 is 11.6 Å². The number of hydrogen-bond donors (Lipinski definition) is 1. The molecule has 0 saturated heterocycles. The molecular weight excluding hydrogens is 274 g/mol. The van der Waals surface area contributed by atoms with E-state index in [9.17, 15) is 8.42 Å². The zero-order valence-electron chi connectivity index (χ0n) is 10.6. The van der Waals surface area contributed by atoms with E-state index in [-0.39, 0.29) is 6.04 Å². The van der Waals surface area contributed by atoms with Gasteiger partial charge < -0.3 is 0 Å². The molecule has 0 aromatic carbocycles. The molecule has 0 spiro atoms. The standard InChI is InChI=1S/C11H18ClN3O2S/c1-8-11(18(16,17)14-10-4-5-10)9(2)15(13-8)7-3-6-12/h10,14H,3-7H2,1-2H3. The van der Waals surface area contributed by atoms with Crippen LogP contribution in [0.15, 0.2) is 4.90 Å². The van der Waals surface area contributed by atoms with Crippen LogP contribution < -0.4 is 4.72 Å². The molecule has 1 aliphatic rings. The van der Waals surface area contributed by atoms with E-state index < -0.39 is 10.0 Å². The smallest absolute Gasteiger partial charge is 0.244 e. The SMILES string of the molecule is Cc1nn(CCCCl)c(C)c1S(=O)(=O)NC1CC1. The third kappa shape index (κ3) is 2.87. The molecule has 18 heavy (non-hydrogen) atoms. The van der Waals surface area contributed by atoms with E-state index in [1.807, 2.05) is 0 Å². The van der Waals surface area contributed by atoms with Crippen molar-refractivity contribution < 1.29 is 8.42 Å². The Balaban J connectivity index is 2.29. The van der Waals surface area contributed by atoms with Crippen LogP contribution in [0.4, 0.5) is 0 Å². The number of rotatable bonds is 6. The molecule has 102 valence electrons. The quantitative estimate of drug-likeness (QED) is 0.809. The van der Waals surface area contributed by atoms with E-state index in [1.165, 1.54) is 0 Å². The highest BCUT2D eigenvalue weighted by molar-refractivity contribution is 7.89. The first-order valence-electron chi connectivity index (χ1n) is 6.08. The van der Waals surface area contributed by atoms with E-state index in [0.717, 1.165) is 19.3 Å². The highest BCUT2D eigenvalue weighted by Gasteiger charge is 2.31. The van der Waals surface area contributed by atoms with Gasteiger partial charge in [-0.05, 0) is 33.1 Å². The van der Waals surface area contributed by atoms with Gasteiger partial charge in [0.25, 0.3) is 0 Å². The summed E-state index contributed by atoms with van der Waals surface area (Å²) in [7, 11) is -3.43. The topological polar surface area (TPSA) is 64.0 Å². The molecule has 1 fully saturated rings. The van der Waals surface area contributed by atoms with Gasteiger partial charge in [-0.1, -0.05) is 0 Å². The number of aryl methyl sites for hydroxylation is 2. The normalized spacial score (nSPS) is 16.2. The minimum Gasteiger partial charge on any atom is -0.268 e. The summed E-state index contributed by atoms with van der Waals surface area (Å²) >= 11 is 5.65. The summed E-state index contributed by atoms with van der Waals surface area (Å²) in [4.78, 5) is 0.323. The summed E-state index contributed by atoms with van der Waals surface area (Å²) in [6, 6.07) is 0.111. The fraction of sp³-hybridized carbons (Fsp3) is 0.727. The first-order valence-corrected chi connectivity index (χ1v) is 8.10. The highest BCUT2D eigenvalue weighted by Crippen LogP contribution is 2.25. The molecule has 2 rings (SSSR count). The van der Waals surface area contributed by atoms with Crippen LogP contribution in [-0.2, 0) is 16.6 Å². The van der Waals surface area contributed by atoms with E-state index in [2.05, 4.69) is 9.82 Å². The minimum atomic E-state index is -3.43. The molecule has 0 atom stereocenters. The molecule has 1 heterocycles. The Bertz CT molecular complexity index is 535. The van der Waals surface area contributed by atoms with Crippen LogP contribution in [0.25, 0.3) is 0 Å². The van der Waals surface area contributed by atoms with Crippen molar-refractivity contribution in [3.8, 4) is 0 Å². The second-order valence-corrected chi connectivity index (χ2v) is 6.69. The van der Waals surface area contributed by atoms with Crippen LogP contribution in [-0.4, -0.2) is 30.1 Å². The van der Waals surface area contributed by atoms with Gasteiger partial charge in [0.05, 0.1) is 11.4 Å². The molecule has 0 amide bonds. The van der Waals surface area contributed by atoms with Gasteiger partial charge in [0.15, 0.2) is 0 Å². The maximum Gasteiger partial charge on any atom is 0.244 e. The number of aromatic nitrogens is 2. The van der Waals surface area contributed by atoms with Crippen molar-refractivity contribution in [3.05, 3.63) is 11.4 Å². The first-order chi connectivity index (χ1) is 8.45. The van der Waals surface area contributed by atoms with Gasteiger partial charge in [-0.3, -0.25) is 4.68 Å². The van der Waals surface area contributed by atoms with Gasteiger partial charge >= 0.3 is 0 Å². The second kappa shape index (κ2) is 5.19. The fourth-order valence-electron chi connectivity index (χ4n) is 1.98. The number of sulfonamides is 1. The number of nitrogens with zero attached hydrogens (tertiary/aromatic N) is 2. The van der Waals surface area contributed by atoms with Gasteiger partial charge in [0.2, 0.25) is 10.0 Å². The fourth-order valence-corrected chi connectivity index (χ4v) is 3.81. The third-order valence-corrected chi connectivity index (χ3v) is 5.03. The van der Waals surface area contributed by atoms with Crippen molar-refractivity contribution in [1.29, 1.82) is 0 Å². The van der Waals surface area contributed by atoms with E-state index in [0.29, 0.717) is 28.7 Å². The Hall–Kier alpha value is -0.590. The van der Waals surface area contributed by atoms with E-state index >= 15 is 0 Å². The van der Waals surface area contributed by atoms with Crippen molar-refractivity contribution in [2.24, 2.45) is 0 Å². The van der Waals surface area contributed by atoms with Crippen molar-refractivity contribution >= 4 is 21.6 Å². The zero-order chi connectivity index (χ0) is 13.3. The van der Waals surface area contributed by atoms with E-state index in [1.54, 1.807) is 18.5 Å². The predicted molar refractivity (Wildman–Crippen MR) is 70.4 cm³/mol. The second-order valence-electron chi connectivity index (χ2n) is 4.66. The monoisotopic (exact) mass is 291 g/mol. The van der Waals surface area contributed by atoms with Crippen molar-refractivity contribution in [1.82, 2.24) is 14.5 Å². The molecule has 1 aromatic heterocycles. The average molecular weight is 292 g/mol. The molecule has 7 heteroatoms. The van der Waals surface area contributed by atoms with Gasteiger partial charge in [0.1, 0.15) is 4.90 Å². The molecule has 0 bridgehead atoms. The Morgan fingerprint density at radius 2 is 2.11 bits per heavy atom. The lowest BCUT2D eigenvalue weighted by molar-refractivity contribution is 0.573. The molecule has 1 saturated carbocycles. The third-order valence-electron chi connectivity index (χ3n) is 2.99. The Labute approximate surface area is 113 Å². The van der Waals surface area contributed by atoms with Crippen LogP contribution in [0.2, 0.25) is 0 Å². The molecule has 5 nitrogen and oxygen atoms in total. The summed E-state index contributed by atoms with van der Waals surface area (Å²) in [6.07, 6.45) is 2.63.